The number of amides is 1. The minimum absolute atomic E-state index is 0.00631. The van der Waals surface area contributed by atoms with Gasteiger partial charge in [-0.1, -0.05) is 44.1 Å². The molecule has 38 heavy (non-hydrogen) atoms. The van der Waals surface area contributed by atoms with Crippen molar-refractivity contribution in [2.75, 3.05) is 13.7 Å². The Kier molecular flexibility index (Phi) is 6.93. The van der Waals surface area contributed by atoms with E-state index in [1.807, 2.05) is 36.4 Å². The van der Waals surface area contributed by atoms with Gasteiger partial charge in [0.1, 0.15) is 22.9 Å². The summed E-state index contributed by atoms with van der Waals surface area (Å²) in [5.74, 6) is -1.42. The second kappa shape index (κ2) is 10.2. The summed E-state index contributed by atoms with van der Waals surface area (Å²) in [5, 5.41) is 3.33. The van der Waals surface area contributed by atoms with Crippen LogP contribution in [0.3, 0.4) is 0 Å². The molecule has 204 valence electrons. The summed E-state index contributed by atoms with van der Waals surface area (Å²) in [6.45, 7) is 2.89. The molecule has 1 N–H and O–H groups in total. The van der Waals surface area contributed by atoms with Crippen LogP contribution in [0.4, 0.5) is 0 Å². The maximum absolute atomic E-state index is 14.2. The Morgan fingerprint density at radius 3 is 2.76 bits per heavy atom. The molecule has 2 saturated heterocycles. The zero-order valence-corrected chi connectivity index (χ0v) is 22.4. The molecule has 3 aliphatic heterocycles. The normalized spacial score (nSPS) is 39.4. The molecule has 0 aromatic heterocycles. The SMILES string of the molecule is COc1cccc(CC(=O)C2C3C=CC4(O3)C(C(=O)NC3CCCCC3C)C(CC3CCCO3)C(=O)C24)c1. The molecule has 9 atom stereocenters. The Bertz CT molecular complexity index is 1130. The van der Waals surface area contributed by atoms with Crippen LogP contribution in [0.15, 0.2) is 36.4 Å². The maximum atomic E-state index is 14.2. The van der Waals surface area contributed by atoms with Crippen LogP contribution < -0.4 is 10.1 Å². The molecule has 2 bridgehead atoms. The monoisotopic (exact) mass is 521 g/mol. The van der Waals surface area contributed by atoms with E-state index in [1.165, 1.54) is 6.42 Å². The van der Waals surface area contributed by atoms with Gasteiger partial charge in [-0.25, -0.2) is 0 Å². The first kappa shape index (κ1) is 25.8. The number of nitrogens with one attached hydrogen (secondary N) is 1. The first-order valence-electron chi connectivity index (χ1n) is 14.4. The van der Waals surface area contributed by atoms with E-state index in [-0.39, 0.29) is 36.0 Å². The molecule has 4 fully saturated rings. The number of benzene rings is 1. The first-order chi connectivity index (χ1) is 18.4. The number of rotatable bonds is 8. The predicted molar refractivity (Wildman–Crippen MR) is 141 cm³/mol. The highest BCUT2D eigenvalue weighted by Gasteiger charge is 2.72. The Morgan fingerprint density at radius 2 is 2.00 bits per heavy atom. The molecule has 3 heterocycles. The maximum Gasteiger partial charge on any atom is 0.227 e. The Labute approximate surface area is 224 Å². The van der Waals surface area contributed by atoms with Crippen molar-refractivity contribution in [3.8, 4) is 5.75 Å². The summed E-state index contributed by atoms with van der Waals surface area (Å²) < 4.78 is 17.8. The van der Waals surface area contributed by atoms with Crippen molar-refractivity contribution in [1.29, 1.82) is 0 Å². The third-order valence-electron chi connectivity index (χ3n) is 9.79. The molecule has 1 aromatic rings. The van der Waals surface area contributed by atoms with Gasteiger partial charge in [-0.2, -0.15) is 0 Å². The standard InChI is InChI=1S/C31H39NO6/c1-18-7-3-4-11-23(18)32-30(35)27-22(17-21-10-6-14-37-21)29(34)28-26(25-12-13-31(27,28)38-25)24(33)16-19-8-5-9-20(15-19)36-2/h5,8-9,12-13,15,18,21-23,25-28H,3-4,6-7,10-11,14,16-17H2,1-2H3,(H,32,35). The average molecular weight is 522 g/mol. The number of Topliss-reactive ketones (excluding diaryl/α,β-unsaturated/α-hetero) is 2. The molecule has 6 rings (SSSR count). The molecule has 2 saturated carbocycles. The Balaban J connectivity index is 1.29. The summed E-state index contributed by atoms with van der Waals surface area (Å²) in [7, 11) is 1.60. The van der Waals surface area contributed by atoms with Gasteiger partial charge < -0.3 is 19.5 Å². The Hall–Kier alpha value is -2.51. The summed E-state index contributed by atoms with van der Waals surface area (Å²) >= 11 is 0. The fraction of sp³-hybridized carbons (Fsp3) is 0.645. The van der Waals surface area contributed by atoms with Crippen molar-refractivity contribution in [1.82, 2.24) is 5.32 Å². The van der Waals surface area contributed by atoms with Gasteiger partial charge in [-0.05, 0) is 55.7 Å². The molecular weight excluding hydrogens is 482 g/mol. The molecular formula is C31H39NO6. The van der Waals surface area contributed by atoms with Gasteiger partial charge in [0.15, 0.2) is 0 Å². The molecule has 7 nitrogen and oxygen atoms in total. The van der Waals surface area contributed by atoms with E-state index >= 15 is 0 Å². The van der Waals surface area contributed by atoms with E-state index in [0.29, 0.717) is 24.7 Å². The zero-order chi connectivity index (χ0) is 26.4. The second-order valence-corrected chi connectivity index (χ2v) is 12.0. The lowest BCUT2D eigenvalue weighted by atomic mass is 9.72. The summed E-state index contributed by atoms with van der Waals surface area (Å²) in [6, 6.07) is 7.58. The van der Waals surface area contributed by atoms with Crippen molar-refractivity contribution in [3.63, 3.8) is 0 Å². The highest BCUT2D eigenvalue weighted by Crippen LogP contribution is 2.60. The quantitative estimate of drug-likeness (QED) is 0.523. The number of ketones is 2. The van der Waals surface area contributed by atoms with E-state index in [0.717, 1.165) is 37.7 Å². The topological polar surface area (TPSA) is 90.9 Å². The van der Waals surface area contributed by atoms with Gasteiger partial charge in [0.25, 0.3) is 0 Å². The number of carbonyl (C=O) groups excluding carboxylic acids is 3. The van der Waals surface area contributed by atoms with Crippen molar-refractivity contribution in [3.05, 3.63) is 42.0 Å². The number of ether oxygens (including phenoxy) is 3. The first-order valence-corrected chi connectivity index (χ1v) is 14.4. The molecule has 9 unspecified atom stereocenters. The number of carbonyl (C=O) groups is 3. The lowest BCUT2D eigenvalue weighted by Gasteiger charge is -2.35. The lowest BCUT2D eigenvalue weighted by Crippen LogP contribution is -2.51. The van der Waals surface area contributed by atoms with Crippen molar-refractivity contribution in [2.24, 2.45) is 29.6 Å². The highest BCUT2D eigenvalue weighted by atomic mass is 16.5. The van der Waals surface area contributed by atoms with Crippen molar-refractivity contribution >= 4 is 17.5 Å². The van der Waals surface area contributed by atoms with Gasteiger partial charge in [0, 0.05) is 25.0 Å². The van der Waals surface area contributed by atoms with Gasteiger partial charge in [-0.15, -0.1) is 0 Å². The third kappa shape index (κ3) is 4.32. The summed E-state index contributed by atoms with van der Waals surface area (Å²) in [4.78, 5) is 42.0. The zero-order valence-electron chi connectivity index (χ0n) is 22.4. The van der Waals surface area contributed by atoms with E-state index < -0.39 is 35.4 Å². The largest absolute Gasteiger partial charge is 0.497 e. The molecule has 2 aliphatic carbocycles. The number of hydrogen-bond acceptors (Lipinski definition) is 6. The van der Waals surface area contributed by atoms with E-state index in [9.17, 15) is 14.4 Å². The molecule has 1 amide bonds. The third-order valence-corrected chi connectivity index (χ3v) is 9.79. The minimum Gasteiger partial charge on any atom is -0.497 e. The molecule has 7 heteroatoms. The average Bonchev–Trinajstić information content (AvgIpc) is 3.69. The van der Waals surface area contributed by atoms with E-state index in [1.54, 1.807) is 7.11 Å². The summed E-state index contributed by atoms with van der Waals surface area (Å²) in [6.07, 6.45) is 10.3. The minimum atomic E-state index is -1.05. The number of methoxy groups -OCH3 is 1. The van der Waals surface area contributed by atoms with Crippen LogP contribution in [0.25, 0.3) is 0 Å². The van der Waals surface area contributed by atoms with Crippen LogP contribution in [-0.2, 0) is 30.3 Å². The molecule has 1 aromatic carbocycles. The van der Waals surface area contributed by atoms with Crippen molar-refractivity contribution in [2.45, 2.75) is 82.1 Å². The van der Waals surface area contributed by atoms with E-state index in [4.69, 9.17) is 14.2 Å². The summed E-state index contributed by atoms with van der Waals surface area (Å²) in [5.41, 5.74) is -0.209. The van der Waals surface area contributed by atoms with E-state index in [2.05, 4.69) is 12.2 Å². The number of fused-ring (bicyclic) bond motifs is 1. The highest BCUT2D eigenvalue weighted by molar-refractivity contribution is 6.01. The Morgan fingerprint density at radius 1 is 1.16 bits per heavy atom. The van der Waals surface area contributed by atoms with Gasteiger partial charge in [-0.3, -0.25) is 14.4 Å². The van der Waals surface area contributed by atoms with Crippen LogP contribution in [0.5, 0.6) is 5.75 Å². The van der Waals surface area contributed by atoms with Crippen LogP contribution >= 0.6 is 0 Å². The van der Waals surface area contributed by atoms with Crippen LogP contribution in [0, 0.1) is 29.6 Å². The van der Waals surface area contributed by atoms with Crippen LogP contribution in [-0.4, -0.2) is 55.0 Å². The fourth-order valence-electron chi connectivity index (χ4n) is 7.91. The van der Waals surface area contributed by atoms with Crippen molar-refractivity contribution < 1.29 is 28.6 Å². The van der Waals surface area contributed by atoms with Gasteiger partial charge in [0.05, 0.1) is 37.1 Å². The molecule has 5 aliphatic rings. The smallest absolute Gasteiger partial charge is 0.227 e. The van der Waals surface area contributed by atoms with Gasteiger partial charge >= 0.3 is 0 Å². The molecule has 0 radical (unpaired) electrons. The van der Waals surface area contributed by atoms with Crippen LogP contribution in [0.1, 0.15) is 57.4 Å². The van der Waals surface area contributed by atoms with Crippen LogP contribution in [0.2, 0.25) is 0 Å². The second-order valence-electron chi connectivity index (χ2n) is 12.0. The molecule has 1 spiro atoms. The predicted octanol–water partition coefficient (Wildman–Crippen LogP) is 3.83. The lowest BCUT2D eigenvalue weighted by molar-refractivity contribution is -0.138. The fourth-order valence-corrected chi connectivity index (χ4v) is 7.91. The number of hydrogen-bond donors (Lipinski definition) is 1. The van der Waals surface area contributed by atoms with Gasteiger partial charge in [0.2, 0.25) is 5.91 Å².